The summed E-state index contributed by atoms with van der Waals surface area (Å²) in [6.07, 6.45) is 1.56. The van der Waals surface area contributed by atoms with Gasteiger partial charge in [-0.15, -0.1) is 20.4 Å². The highest BCUT2D eigenvalue weighted by Gasteiger charge is 2.18. The highest BCUT2D eigenvalue weighted by atomic mass is 32.2. The first-order chi connectivity index (χ1) is 15.8. The van der Waals surface area contributed by atoms with E-state index in [9.17, 15) is 4.39 Å². The van der Waals surface area contributed by atoms with Crippen LogP contribution in [-0.4, -0.2) is 62.7 Å². The molecule has 0 aliphatic carbocycles. The Hall–Kier alpha value is -3.02. The van der Waals surface area contributed by atoms with Gasteiger partial charge >= 0.3 is 0 Å². The lowest BCUT2D eigenvalue weighted by Gasteiger charge is -2.27. The quantitative estimate of drug-likeness (QED) is 0.370. The van der Waals surface area contributed by atoms with Crippen LogP contribution in [0.4, 0.5) is 4.39 Å². The second-order valence-electron chi connectivity index (χ2n) is 7.19. The van der Waals surface area contributed by atoms with E-state index in [1.54, 1.807) is 30.5 Å². The average molecular weight is 457 g/mol. The van der Waals surface area contributed by atoms with Crippen LogP contribution in [0.15, 0.2) is 56.7 Å². The number of aromatic nitrogens is 5. The molecule has 1 aliphatic heterocycles. The van der Waals surface area contributed by atoms with Crippen LogP contribution >= 0.6 is 11.8 Å². The summed E-state index contributed by atoms with van der Waals surface area (Å²) < 4.78 is 31.9. The zero-order chi connectivity index (χ0) is 21.8. The molecular formula is C21H21FN6O3S. The summed E-state index contributed by atoms with van der Waals surface area (Å²) in [5, 5.41) is 17.6. The molecule has 32 heavy (non-hydrogen) atoms. The summed E-state index contributed by atoms with van der Waals surface area (Å²) in [6, 6.07) is 9.82. The number of halogens is 1. The molecule has 5 rings (SSSR count). The Balaban J connectivity index is 1.34. The predicted octanol–water partition coefficient (Wildman–Crippen LogP) is 3.35. The van der Waals surface area contributed by atoms with Crippen molar-refractivity contribution in [1.29, 1.82) is 0 Å². The van der Waals surface area contributed by atoms with Gasteiger partial charge in [0, 0.05) is 31.7 Å². The Labute approximate surface area is 187 Å². The monoisotopic (exact) mass is 456 g/mol. The highest BCUT2D eigenvalue weighted by molar-refractivity contribution is 7.98. The lowest BCUT2D eigenvalue weighted by atomic mass is 10.2. The van der Waals surface area contributed by atoms with Crippen LogP contribution in [0.5, 0.6) is 0 Å². The molecule has 3 aromatic heterocycles. The van der Waals surface area contributed by atoms with Crippen molar-refractivity contribution < 1.29 is 18.0 Å². The van der Waals surface area contributed by atoms with E-state index in [-0.39, 0.29) is 5.82 Å². The molecule has 4 aromatic rings. The highest BCUT2D eigenvalue weighted by Crippen LogP contribution is 2.27. The Morgan fingerprint density at radius 1 is 0.969 bits per heavy atom. The number of thioether (sulfide) groups is 1. The molecule has 11 heteroatoms. The minimum absolute atomic E-state index is 0.286. The Morgan fingerprint density at radius 3 is 2.59 bits per heavy atom. The van der Waals surface area contributed by atoms with Crippen molar-refractivity contribution in [2.75, 3.05) is 32.8 Å². The molecule has 0 atom stereocenters. The lowest BCUT2D eigenvalue weighted by molar-refractivity contribution is 0.0361. The van der Waals surface area contributed by atoms with Gasteiger partial charge in [0.25, 0.3) is 5.89 Å². The number of hydrogen-bond donors (Lipinski definition) is 0. The molecule has 0 N–H and O–H groups in total. The van der Waals surface area contributed by atoms with Gasteiger partial charge in [0.15, 0.2) is 16.7 Å². The van der Waals surface area contributed by atoms with Gasteiger partial charge in [-0.3, -0.25) is 4.90 Å². The first kappa shape index (κ1) is 20.9. The van der Waals surface area contributed by atoms with Crippen LogP contribution in [0.2, 0.25) is 0 Å². The fraction of sp³-hybridized carbons (Fsp3) is 0.333. The minimum Gasteiger partial charge on any atom is -0.459 e. The number of furan rings is 1. The van der Waals surface area contributed by atoms with Gasteiger partial charge in [-0.05, 0) is 36.4 Å². The molecule has 1 saturated heterocycles. The lowest BCUT2D eigenvalue weighted by Crippen LogP contribution is -2.38. The molecule has 0 unspecified atom stereocenters. The number of hydrogen-bond acceptors (Lipinski definition) is 9. The maximum atomic E-state index is 13.4. The van der Waals surface area contributed by atoms with Crippen LogP contribution < -0.4 is 0 Å². The smallest absolute Gasteiger partial charge is 0.283 e. The van der Waals surface area contributed by atoms with Crippen LogP contribution in [-0.2, 0) is 17.0 Å². The van der Waals surface area contributed by atoms with E-state index in [0.29, 0.717) is 35.7 Å². The normalized spacial score (nSPS) is 14.8. The summed E-state index contributed by atoms with van der Waals surface area (Å²) in [5.41, 5.74) is 0.811. The molecular weight excluding hydrogens is 435 g/mol. The topological polar surface area (TPSA) is 95.2 Å². The predicted molar refractivity (Wildman–Crippen MR) is 114 cm³/mol. The molecule has 9 nitrogen and oxygen atoms in total. The van der Waals surface area contributed by atoms with Gasteiger partial charge < -0.3 is 18.1 Å². The maximum absolute atomic E-state index is 13.4. The standard InChI is InChI=1S/C21H21FN6O3S/c22-16-5-3-15(4-6-16)19-24-26-21(28(19)8-7-27-9-12-29-13-10-27)32-14-18-23-25-20(31-18)17-2-1-11-30-17/h1-6,11H,7-10,12-14H2. The summed E-state index contributed by atoms with van der Waals surface area (Å²) in [6.45, 7) is 4.81. The fourth-order valence-electron chi connectivity index (χ4n) is 3.41. The van der Waals surface area contributed by atoms with Crippen molar-refractivity contribution in [2.45, 2.75) is 17.5 Å². The molecule has 1 aliphatic rings. The molecule has 166 valence electrons. The minimum atomic E-state index is -0.286. The van der Waals surface area contributed by atoms with Gasteiger partial charge in [0.05, 0.1) is 25.2 Å². The van der Waals surface area contributed by atoms with Crippen LogP contribution in [0.3, 0.4) is 0 Å². The number of nitrogens with zero attached hydrogens (tertiary/aromatic N) is 6. The second-order valence-corrected chi connectivity index (χ2v) is 8.13. The third-order valence-corrected chi connectivity index (χ3v) is 6.04. The number of rotatable bonds is 8. The van der Waals surface area contributed by atoms with Crippen molar-refractivity contribution >= 4 is 11.8 Å². The van der Waals surface area contributed by atoms with E-state index in [0.717, 1.165) is 43.6 Å². The zero-order valence-corrected chi connectivity index (χ0v) is 18.0. The third kappa shape index (κ3) is 4.74. The fourth-order valence-corrected chi connectivity index (χ4v) is 4.22. The molecule has 0 radical (unpaired) electrons. The van der Waals surface area contributed by atoms with Gasteiger partial charge in [0.2, 0.25) is 5.89 Å². The third-order valence-electron chi connectivity index (χ3n) is 5.09. The molecule has 0 saturated carbocycles. The Kier molecular flexibility index (Phi) is 6.28. The van der Waals surface area contributed by atoms with Crippen molar-refractivity contribution in [3.8, 4) is 23.0 Å². The van der Waals surface area contributed by atoms with Gasteiger partial charge in [0.1, 0.15) is 5.82 Å². The van der Waals surface area contributed by atoms with E-state index >= 15 is 0 Å². The molecule has 1 aromatic carbocycles. The van der Waals surface area contributed by atoms with E-state index in [1.165, 1.54) is 23.9 Å². The maximum Gasteiger partial charge on any atom is 0.283 e. The molecule has 1 fully saturated rings. The van der Waals surface area contributed by atoms with E-state index in [2.05, 4.69) is 29.9 Å². The van der Waals surface area contributed by atoms with Gasteiger partial charge in [-0.1, -0.05) is 11.8 Å². The van der Waals surface area contributed by atoms with Gasteiger partial charge in [-0.25, -0.2) is 4.39 Å². The first-order valence-corrected chi connectivity index (χ1v) is 11.2. The molecule has 4 heterocycles. The van der Waals surface area contributed by atoms with Crippen LogP contribution in [0, 0.1) is 5.82 Å². The first-order valence-electron chi connectivity index (χ1n) is 10.2. The van der Waals surface area contributed by atoms with E-state index in [4.69, 9.17) is 13.6 Å². The van der Waals surface area contributed by atoms with Crippen molar-refractivity contribution in [3.05, 3.63) is 54.4 Å². The number of ether oxygens (including phenoxy) is 1. The summed E-state index contributed by atoms with van der Waals surface area (Å²) in [5.74, 6) is 2.18. The number of morpholine rings is 1. The zero-order valence-electron chi connectivity index (χ0n) is 17.2. The van der Waals surface area contributed by atoms with Crippen LogP contribution in [0.1, 0.15) is 5.89 Å². The summed E-state index contributed by atoms with van der Waals surface area (Å²) in [7, 11) is 0. The number of benzene rings is 1. The van der Waals surface area contributed by atoms with Crippen molar-refractivity contribution in [1.82, 2.24) is 29.9 Å². The van der Waals surface area contributed by atoms with E-state index < -0.39 is 0 Å². The molecule has 0 bridgehead atoms. The SMILES string of the molecule is Fc1ccc(-c2nnc(SCc3nnc(-c4ccco4)o3)n2CCN2CCOCC2)cc1. The summed E-state index contributed by atoms with van der Waals surface area (Å²) in [4.78, 5) is 2.35. The van der Waals surface area contributed by atoms with Crippen LogP contribution in [0.25, 0.3) is 23.0 Å². The van der Waals surface area contributed by atoms with Crippen molar-refractivity contribution in [2.24, 2.45) is 0 Å². The Bertz CT molecular complexity index is 1140. The van der Waals surface area contributed by atoms with E-state index in [1.807, 2.05) is 0 Å². The Morgan fingerprint density at radius 2 is 1.81 bits per heavy atom. The molecule has 0 spiro atoms. The largest absolute Gasteiger partial charge is 0.459 e. The van der Waals surface area contributed by atoms with Crippen molar-refractivity contribution in [3.63, 3.8) is 0 Å². The molecule has 0 amide bonds. The summed E-state index contributed by atoms with van der Waals surface area (Å²) >= 11 is 1.46. The average Bonchev–Trinajstić information content (AvgIpc) is 3.58. The second kappa shape index (κ2) is 9.63. The van der Waals surface area contributed by atoms with Gasteiger partial charge in [-0.2, -0.15) is 0 Å².